The van der Waals surface area contributed by atoms with E-state index in [0.29, 0.717) is 16.9 Å². The van der Waals surface area contributed by atoms with Gasteiger partial charge in [-0.05, 0) is 19.9 Å². The third-order valence-corrected chi connectivity index (χ3v) is 2.63. The molecule has 0 atom stereocenters. The normalized spacial score (nSPS) is 13.3. The van der Waals surface area contributed by atoms with Crippen molar-refractivity contribution in [3.63, 3.8) is 0 Å². The molecular formula is C11H13F3N4. The summed E-state index contributed by atoms with van der Waals surface area (Å²) >= 11 is 0. The summed E-state index contributed by atoms with van der Waals surface area (Å²) in [5, 5.41) is 0. The second-order valence-corrected chi connectivity index (χ2v) is 4.77. The number of halogens is 3. The molecule has 0 saturated heterocycles. The molecule has 2 N–H and O–H groups in total. The monoisotopic (exact) mass is 258 g/mol. The van der Waals surface area contributed by atoms with Crippen LogP contribution in [0.3, 0.4) is 0 Å². The van der Waals surface area contributed by atoms with Crippen molar-refractivity contribution in [2.45, 2.75) is 25.6 Å². The summed E-state index contributed by atoms with van der Waals surface area (Å²) < 4.78 is 39.3. The summed E-state index contributed by atoms with van der Waals surface area (Å²) in [6.07, 6.45) is -3.34. The molecule has 0 aliphatic carbocycles. The number of aryl methyl sites for hydroxylation is 1. The Balaban J connectivity index is 2.68. The van der Waals surface area contributed by atoms with Crippen LogP contribution in [0.15, 0.2) is 12.3 Å². The molecular weight excluding hydrogens is 245 g/mol. The maximum Gasteiger partial charge on any atom is 0.433 e. The zero-order valence-electron chi connectivity index (χ0n) is 10.2. The van der Waals surface area contributed by atoms with E-state index in [0.717, 1.165) is 12.3 Å². The van der Waals surface area contributed by atoms with Gasteiger partial charge in [0.1, 0.15) is 17.0 Å². The molecule has 0 amide bonds. The lowest BCUT2D eigenvalue weighted by molar-refractivity contribution is -0.141. The van der Waals surface area contributed by atoms with Gasteiger partial charge in [0.05, 0.1) is 17.3 Å². The molecule has 0 fully saturated rings. The van der Waals surface area contributed by atoms with Gasteiger partial charge in [-0.3, -0.25) is 0 Å². The van der Waals surface area contributed by atoms with Gasteiger partial charge in [0.15, 0.2) is 0 Å². The topological polar surface area (TPSA) is 56.7 Å². The van der Waals surface area contributed by atoms with Crippen LogP contribution >= 0.6 is 0 Å². The number of alkyl halides is 3. The highest BCUT2D eigenvalue weighted by molar-refractivity contribution is 5.75. The van der Waals surface area contributed by atoms with Crippen LogP contribution in [0.2, 0.25) is 0 Å². The minimum absolute atomic E-state index is 0.367. The van der Waals surface area contributed by atoms with E-state index in [9.17, 15) is 13.2 Å². The number of aromatic nitrogens is 3. The number of imidazole rings is 1. The zero-order valence-corrected chi connectivity index (χ0v) is 10.2. The lowest BCUT2D eigenvalue weighted by Crippen LogP contribution is -2.32. The molecule has 2 aromatic heterocycles. The first kappa shape index (κ1) is 12.8. The highest BCUT2D eigenvalue weighted by Gasteiger charge is 2.33. The number of hydrogen-bond acceptors (Lipinski definition) is 3. The summed E-state index contributed by atoms with van der Waals surface area (Å²) in [6.45, 7) is 3.48. The van der Waals surface area contributed by atoms with Gasteiger partial charge in [-0.25, -0.2) is 9.97 Å². The van der Waals surface area contributed by atoms with Gasteiger partial charge < -0.3 is 10.3 Å². The number of nitrogens with two attached hydrogens (primary N) is 1. The predicted molar refractivity (Wildman–Crippen MR) is 60.7 cm³/mol. The first-order chi connectivity index (χ1) is 8.10. The molecule has 0 saturated carbocycles. The molecule has 0 spiro atoms. The van der Waals surface area contributed by atoms with Crippen molar-refractivity contribution in [2.75, 3.05) is 0 Å². The van der Waals surface area contributed by atoms with E-state index in [2.05, 4.69) is 9.97 Å². The fourth-order valence-electron chi connectivity index (χ4n) is 1.83. The summed E-state index contributed by atoms with van der Waals surface area (Å²) in [5.74, 6) is 0.513. The van der Waals surface area contributed by atoms with Gasteiger partial charge in [0.2, 0.25) is 0 Å². The number of rotatable bonds is 1. The summed E-state index contributed by atoms with van der Waals surface area (Å²) in [6, 6.07) is 0.984. The molecule has 4 nitrogen and oxygen atoms in total. The lowest BCUT2D eigenvalue weighted by Gasteiger charge is -2.17. The number of fused-ring (bicyclic) bond motifs is 1. The molecule has 0 aliphatic rings. The van der Waals surface area contributed by atoms with Crippen LogP contribution in [-0.2, 0) is 18.8 Å². The Morgan fingerprint density at radius 2 is 1.89 bits per heavy atom. The number of nitrogens with zero attached hydrogens (tertiary/aromatic N) is 3. The highest BCUT2D eigenvalue weighted by atomic mass is 19.4. The minimum atomic E-state index is -4.46. The Bertz CT molecular complexity index is 593. The van der Waals surface area contributed by atoms with E-state index in [1.54, 1.807) is 25.5 Å². The number of pyridine rings is 1. The largest absolute Gasteiger partial charge is 0.433 e. The second kappa shape index (κ2) is 3.68. The molecule has 2 heterocycles. The molecule has 0 bridgehead atoms. The maximum absolute atomic E-state index is 12.6. The highest BCUT2D eigenvalue weighted by Crippen LogP contribution is 2.30. The van der Waals surface area contributed by atoms with Gasteiger partial charge in [0.25, 0.3) is 0 Å². The van der Waals surface area contributed by atoms with Crippen molar-refractivity contribution < 1.29 is 13.2 Å². The van der Waals surface area contributed by atoms with E-state index < -0.39 is 17.4 Å². The Labute approximate surface area is 102 Å². The first-order valence-corrected chi connectivity index (χ1v) is 5.30. The average molecular weight is 258 g/mol. The summed E-state index contributed by atoms with van der Waals surface area (Å²) in [7, 11) is 1.64. The fourth-order valence-corrected chi connectivity index (χ4v) is 1.83. The first-order valence-electron chi connectivity index (χ1n) is 5.30. The third kappa shape index (κ3) is 2.05. The minimum Gasteiger partial charge on any atom is -0.329 e. The average Bonchev–Trinajstić information content (AvgIpc) is 2.54. The molecule has 0 aromatic carbocycles. The molecule has 18 heavy (non-hydrogen) atoms. The van der Waals surface area contributed by atoms with E-state index >= 15 is 0 Å². The van der Waals surface area contributed by atoms with Crippen molar-refractivity contribution in [2.24, 2.45) is 12.8 Å². The fraction of sp³-hybridized carbons (Fsp3) is 0.455. The predicted octanol–water partition coefficient (Wildman–Crippen LogP) is 2.18. The SMILES string of the molecule is Cn1c(C(C)(C)N)nc2cnc(C(F)(F)F)cc21. The zero-order chi connectivity index (χ0) is 13.7. The van der Waals surface area contributed by atoms with Crippen LogP contribution in [0.1, 0.15) is 25.4 Å². The third-order valence-electron chi connectivity index (χ3n) is 2.63. The van der Waals surface area contributed by atoms with Gasteiger partial charge >= 0.3 is 6.18 Å². The Kier molecular flexibility index (Phi) is 2.62. The van der Waals surface area contributed by atoms with Crippen LogP contribution in [0, 0.1) is 0 Å². The van der Waals surface area contributed by atoms with Gasteiger partial charge in [0, 0.05) is 7.05 Å². The Morgan fingerprint density at radius 1 is 1.28 bits per heavy atom. The van der Waals surface area contributed by atoms with Crippen molar-refractivity contribution >= 4 is 11.0 Å². The van der Waals surface area contributed by atoms with Gasteiger partial charge in [-0.15, -0.1) is 0 Å². The molecule has 0 radical (unpaired) electrons. The molecule has 7 heteroatoms. The van der Waals surface area contributed by atoms with Crippen LogP contribution in [0.4, 0.5) is 13.2 Å². The Morgan fingerprint density at radius 3 is 2.39 bits per heavy atom. The van der Waals surface area contributed by atoms with Crippen LogP contribution < -0.4 is 5.73 Å². The van der Waals surface area contributed by atoms with Gasteiger partial charge in [-0.1, -0.05) is 0 Å². The molecule has 0 unspecified atom stereocenters. The van der Waals surface area contributed by atoms with E-state index in [1.807, 2.05) is 0 Å². The molecule has 2 aromatic rings. The van der Waals surface area contributed by atoms with E-state index in [4.69, 9.17) is 5.73 Å². The van der Waals surface area contributed by atoms with Gasteiger partial charge in [-0.2, -0.15) is 13.2 Å². The molecule has 0 aliphatic heterocycles. The van der Waals surface area contributed by atoms with Crippen molar-refractivity contribution in [3.8, 4) is 0 Å². The smallest absolute Gasteiger partial charge is 0.329 e. The quantitative estimate of drug-likeness (QED) is 0.853. The summed E-state index contributed by atoms with van der Waals surface area (Å²) in [4.78, 5) is 7.59. The van der Waals surface area contributed by atoms with Crippen molar-refractivity contribution in [1.82, 2.24) is 14.5 Å². The van der Waals surface area contributed by atoms with Crippen molar-refractivity contribution in [3.05, 3.63) is 23.8 Å². The van der Waals surface area contributed by atoms with E-state index in [-0.39, 0.29) is 0 Å². The number of hydrogen-bond donors (Lipinski definition) is 1. The second-order valence-electron chi connectivity index (χ2n) is 4.77. The van der Waals surface area contributed by atoms with Crippen LogP contribution in [-0.4, -0.2) is 14.5 Å². The maximum atomic E-state index is 12.6. The standard InChI is InChI=1S/C11H13F3N4/c1-10(2,15)9-17-6-5-16-8(11(12,13)14)4-7(6)18(9)3/h4-5H,15H2,1-3H3. The summed E-state index contributed by atoms with van der Waals surface area (Å²) in [5.41, 5.74) is 5.03. The van der Waals surface area contributed by atoms with Crippen LogP contribution in [0.5, 0.6) is 0 Å². The van der Waals surface area contributed by atoms with E-state index in [1.165, 1.54) is 0 Å². The molecule has 98 valence electrons. The Hall–Kier alpha value is -1.63. The molecule has 2 rings (SSSR count). The lowest BCUT2D eigenvalue weighted by atomic mass is 10.1. The van der Waals surface area contributed by atoms with Crippen molar-refractivity contribution in [1.29, 1.82) is 0 Å². The van der Waals surface area contributed by atoms with Crippen LogP contribution in [0.25, 0.3) is 11.0 Å².